The van der Waals surface area contributed by atoms with Crippen molar-refractivity contribution in [2.75, 3.05) is 18.6 Å². The predicted molar refractivity (Wildman–Crippen MR) is 73.5 cm³/mol. The Bertz CT molecular complexity index is 572. The Hall–Kier alpha value is -1.75. The molecule has 2 N–H and O–H groups in total. The van der Waals surface area contributed by atoms with E-state index in [0.29, 0.717) is 12.2 Å². The molecule has 0 aliphatic heterocycles. The molecular weight excluding hydrogens is 248 g/mol. The first-order valence-corrected chi connectivity index (χ1v) is 6.53. The van der Waals surface area contributed by atoms with Crippen LogP contribution in [-0.2, 0) is 9.53 Å². The van der Waals surface area contributed by atoms with Gasteiger partial charge in [0.2, 0.25) is 0 Å². The van der Waals surface area contributed by atoms with Crippen molar-refractivity contribution in [3.63, 3.8) is 0 Å². The van der Waals surface area contributed by atoms with Crippen LogP contribution in [0.3, 0.4) is 0 Å². The lowest BCUT2D eigenvalue weighted by Gasteiger charge is -2.07. The number of hydrogen-bond acceptors (Lipinski definition) is 5. The number of nitrogens with two attached hydrogens (primary N) is 1. The van der Waals surface area contributed by atoms with Gasteiger partial charge in [0.15, 0.2) is 0 Å². The Morgan fingerprint density at radius 1 is 1.44 bits per heavy atom. The van der Waals surface area contributed by atoms with Crippen LogP contribution in [-0.4, -0.2) is 23.8 Å². The van der Waals surface area contributed by atoms with Crippen molar-refractivity contribution >= 4 is 34.3 Å². The van der Waals surface area contributed by atoms with Gasteiger partial charge in [-0.15, -0.1) is 11.8 Å². The van der Waals surface area contributed by atoms with Crippen molar-refractivity contribution in [2.24, 2.45) is 0 Å². The van der Waals surface area contributed by atoms with Gasteiger partial charge in [0.25, 0.3) is 0 Å². The van der Waals surface area contributed by atoms with Gasteiger partial charge in [0.05, 0.1) is 24.7 Å². The Morgan fingerprint density at radius 3 is 3.06 bits per heavy atom. The molecule has 4 nitrogen and oxygen atoms in total. The third-order valence-corrected chi connectivity index (χ3v) is 3.65. The zero-order valence-electron chi connectivity index (χ0n) is 10.1. The number of esters is 1. The third-order valence-electron chi connectivity index (χ3n) is 2.58. The summed E-state index contributed by atoms with van der Waals surface area (Å²) in [6.07, 6.45) is 2.12. The monoisotopic (exact) mass is 262 g/mol. The van der Waals surface area contributed by atoms with Gasteiger partial charge in [0, 0.05) is 22.2 Å². The molecular formula is C13H14N2O2S. The number of carbonyl (C=O) groups excluding carboxylic acids is 1. The molecule has 2 rings (SSSR count). The van der Waals surface area contributed by atoms with Gasteiger partial charge in [-0.2, -0.15) is 0 Å². The first-order valence-electron chi connectivity index (χ1n) is 5.55. The van der Waals surface area contributed by atoms with E-state index in [1.807, 2.05) is 24.3 Å². The average Bonchev–Trinajstić information content (AvgIpc) is 2.41. The second kappa shape index (κ2) is 5.73. The number of benzene rings is 1. The number of nitrogen functional groups attached to an aromatic ring is 1. The number of anilines is 1. The summed E-state index contributed by atoms with van der Waals surface area (Å²) in [7, 11) is 1.39. The molecule has 94 valence electrons. The van der Waals surface area contributed by atoms with Gasteiger partial charge in [0.1, 0.15) is 0 Å². The van der Waals surface area contributed by atoms with E-state index in [1.54, 1.807) is 18.0 Å². The summed E-state index contributed by atoms with van der Waals surface area (Å²) in [5, 5.41) is 0.945. The molecule has 0 fully saturated rings. The van der Waals surface area contributed by atoms with E-state index in [4.69, 9.17) is 5.73 Å². The summed E-state index contributed by atoms with van der Waals surface area (Å²) >= 11 is 1.55. The Labute approximate surface area is 110 Å². The molecule has 1 heterocycles. The lowest BCUT2D eigenvalue weighted by molar-refractivity contribution is -0.140. The standard InChI is InChI=1S/C13H14N2O2S/c1-17-12(16)6-8-18-11-5-4-10-9(13(11)14)3-2-7-15-10/h2-5,7H,6,8,14H2,1H3. The van der Waals surface area contributed by atoms with Crippen LogP contribution in [0, 0.1) is 0 Å². The minimum Gasteiger partial charge on any atom is -0.469 e. The smallest absolute Gasteiger partial charge is 0.306 e. The predicted octanol–water partition coefficient (Wildman–Crippen LogP) is 2.47. The van der Waals surface area contributed by atoms with E-state index >= 15 is 0 Å². The van der Waals surface area contributed by atoms with Crippen LogP contribution >= 0.6 is 11.8 Å². The van der Waals surface area contributed by atoms with Crippen LogP contribution in [0.25, 0.3) is 10.9 Å². The van der Waals surface area contributed by atoms with Crippen molar-refractivity contribution in [3.05, 3.63) is 30.5 Å². The average molecular weight is 262 g/mol. The van der Waals surface area contributed by atoms with E-state index in [2.05, 4.69) is 9.72 Å². The summed E-state index contributed by atoms with van der Waals surface area (Å²) < 4.78 is 4.60. The minimum absolute atomic E-state index is 0.205. The molecule has 1 aromatic heterocycles. The van der Waals surface area contributed by atoms with E-state index in [0.717, 1.165) is 21.5 Å². The third kappa shape index (κ3) is 2.73. The van der Waals surface area contributed by atoms with Crippen LogP contribution in [0.4, 0.5) is 5.69 Å². The van der Waals surface area contributed by atoms with Crippen LogP contribution in [0.15, 0.2) is 35.4 Å². The number of methoxy groups -OCH3 is 1. The molecule has 2 aromatic rings. The summed E-state index contributed by atoms with van der Waals surface area (Å²) in [6.45, 7) is 0. The van der Waals surface area contributed by atoms with Crippen LogP contribution < -0.4 is 5.73 Å². The molecule has 0 radical (unpaired) electrons. The summed E-state index contributed by atoms with van der Waals surface area (Å²) in [6, 6.07) is 7.68. The minimum atomic E-state index is -0.205. The first-order chi connectivity index (χ1) is 8.72. The lowest BCUT2D eigenvalue weighted by Crippen LogP contribution is -2.01. The quantitative estimate of drug-likeness (QED) is 0.521. The highest BCUT2D eigenvalue weighted by Crippen LogP contribution is 2.31. The topological polar surface area (TPSA) is 65.2 Å². The van der Waals surface area contributed by atoms with Crippen molar-refractivity contribution in [1.82, 2.24) is 4.98 Å². The number of rotatable bonds is 4. The van der Waals surface area contributed by atoms with Crippen molar-refractivity contribution < 1.29 is 9.53 Å². The molecule has 0 saturated carbocycles. The molecule has 0 aliphatic carbocycles. The molecule has 0 amide bonds. The van der Waals surface area contributed by atoms with Gasteiger partial charge in [-0.1, -0.05) is 0 Å². The molecule has 0 aliphatic rings. The van der Waals surface area contributed by atoms with Crippen molar-refractivity contribution in [3.8, 4) is 0 Å². The van der Waals surface area contributed by atoms with Gasteiger partial charge in [-0.05, 0) is 24.3 Å². The zero-order valence-corrected chi connectivity index (χ0v) is 10.9. The maximum atomic E-state index is 11.0. The Balaban J connectivity index is 2.14. The lowest BCUT2D eigenvalue weighted by atomic mass is 10.2. The number of carbonyl (C=O) groups is 1. The first kappa shape index (κ1) is 12.7. The highest BCUT2D eigenvalue weighted by Gasteiger charge is 2.07. The summed E-state index contributed by atoms with van der Waals surface area (Å²) in [4.78, 5) is 16.2. The molecule has 0 bridgehead atoms. The second-order valence-corrected chi connectivity index (χ2v) is 4.86. The maximum Gasteiger partial charge on any atom is 0.306 e. The number of pyridine rings is 1. The number of ether oxygens (including phenoxy) is 1. The SMILES string of the molecule is COC(=O)CCSc1ccc2ncccc2c1N. The zero-order chi connectivity index (χ0) is 13.0. The molecule has 0 atom stereocenters. The van der Waals surface area contributed by atoms with E-state index in [9.17, 15) is 4.79 Å². The second-order valence-electron chi connectivity index (χ2n) is 3.72. The van der Waals surface area contributed by atoms with Gasteiger partial charge in [-0.3, -0.25) is 9.78 Å². The summed E-state index contributed by atoms with van der Waals surface area (Å²) in [5.74, 6) is 0.450. The van der Waals surface area contributed by atoms with Crippen LogP contribution in [0.2, 0.25) is 0 Å². The fraction of sp³-hybridized carbons (Fsp3) is 0.231. The highest BCUT2D eigenvalue weighted by atomic mass is 32.2. The molecule has 0 saturated heterocycles. The van der Waals surface area contributed by atoms with Gasteiger partial charge in [-0.25, -0.2) is 0 Å². The fourth-order valence-corrected chi connectivity index (χ4v) is 2.55. The fourth-order valence-electron chi connectivity index (χ4n) is 1.63. The number of hydrogen-bond donors (Lipinski definition) is 1. The van der Waals surface area contributed by atoms with E-state index in [1.165, 1.54) is 7.11 Å². The molecule has 5 heteroatoms. The van der Waals surface area contributed by atoms with Gasteiger partial charge >= 0.3 is 5.97 Å². The largest absolute Gasteiger partial charge is 0.469 e. The summed E-state index contributed by atoms with van der Waals surface area (Å²) in [5.41, 5.74) is 7.69. The molecule has 0 spiro atoms. The highest BCUT2D eigenvalue weighted by molar-refractivity contribution is 7.99. The van der Waals surface area contributed by atoms with E-state index < -0.39 is 0 Å². The molecule has 1 aromatic carbocycles. The van der Waals surface area contributed by atoms with E-state index in [-0.39, 0.29) is 5.97 Å². The normalized spacial score (nSPS) is 10.5. The number of thioether (sulfide) groups is 1. The maximum absolute atomic E-state index is 11.0. The molecule has 0 unspecified atom stereocenters. The molecule has 18 heavy (non-hydrogen) atoms. The Kier molecular flexibility index (Phi) is 4.04. The Morgan fingerprint density at radius 2 is 2.28 bits per heavy atom. The number of nitrogens with zero attached hydrogens (tertiary/aromatic N) is 1. The number of fused-ring (bicyclic) bond motifs is 1. The van der Waals surface area contributed by atoms with Crippen molar-refractivity contribution in [2.45, 2.75) is 11.3 Å². The van der Waals surface area contributed by atoms with Crippen LogP contribution in [0.1, 0.15) is 6.42 Å². The van der Waals surface area contributed by atoms with Crippen LogP contribution in [0.5, 0.6) is 0 Å². The van der Waals surface area contributed by atoms with Gasteiger partial charge < -0.3 is 10.5 Å². The van der Waals surface area contributed by atoms with Crippen molar-refractivity contribution in [1.29, 1.82) is 0 Å². The number of aromatic nitrogens is 1.